The van der Waals surface area contributed by atoms with E-state index in [0.29, 0.717) is 22.5 Å². The van der Waals surface area contributed by atoms with Crippen molar-refractivity contribution in [3.05, 3.63) is 255 Å². The zero-order valence-corrected chi connectivity index (χ0v) is 35.9. The fourth-order valence-electron chi connectivity index (χ4n) is 9.68. The Hall–Kier alpha value is -8.92. The van der Waals surface area contributed by atoms with Crippen LogP contribution in [0, 0.1) is 0 Å². The summed E-state index contributed by atoms with van der Waals surface area (Å²) in [6, 6.07) is 62.8. The van der Waals surface area contributed by atoms with Crippen molar-refractivity contribution < 1.29 is 16.8 Å². The second kappa shape index (κ2) is 16.0. The molecular formula is C64H42N2O. The largest absolute Gasteiger partial charge is 0.456 e. The molecule has 0 aliphatic heterocycles. The third kappa shape index (κ3) is 6.67. The van der Waals surface area contributed by atoms with Crippen LogP contribution >= 0.6 is 0 Å². The van der Waals surface area contributed by atoms with Crippen molar-refractivity contribution in [2.75, 3.05) is 4.90 Å². The van der Waals surface area contributed by atoms with Gasteiger partial charge in [-0.15, -0.1) is 0 Å². The summed E-state index contributed by atoms with van der Waals surface area (Å²) in [5.41, 5.74) is 10.6. The van der Waals surface area contributed by atoms with Crippen molar-refractivity contribution >= 4 is 71.6 Å². The highest BCUT2D eigenvalue weighted by Crippen LogP contribution is 2.44. The lowest BCUT2D eigenvalue weighted by Crippen LogP contribution is -2.09. The molecule has 0 fully saturated rings. The SMILES string of the molecule is [2H]c1c([2H])c([2H])c(-c2c([2H])c([2H])c(N(c3ccc(-c4cc(-c5cccc6ccccc56)cc(-c5cccc6c5c5ccccc5n6-c5ccccc5)c4)cc3)c3ccc4c(c3)oc3ccccc34)c([2H])c2[2H])c([2H])c1[2H]. The van der Waals surface area contributed by atoms with Gasteiger partial charge in [-0.05, 0) is 140 Å². The Kier molecular flexibility index (Phi) is 7.20. The first-order chi connectivity index (χ1) is 37.0. The molecule has 0 aliphatic carbocycles. The summed E-state index contributed by atoms with van der Waals surface area (Å²) in [5.74, 6) is 0. The number of fused-ring (bicyclic) bond motifs is 7. The smallest absolute Gasteiger partial charge is 0.137 e. The standard InChI is InChI=1S/C64H42N2O/c1-3-15-43(16-4-1)44-29-33-51(34-30-44)65(53-37-38-58-57-22-10-12-28-62(57)67-63(58)42-53)52-35-31-45(32-36-52)47-39-48(55-24-13-18-46-17-7-8-21-54(46)55)41-49(40-47)56-25-14-27-61-64(56)59-23-9-11-26-60(59)66(61)50-19-5-2-6-20-50/h1-42H/i1D,3D,4D,15D,16D,29D,30D,33D,34D. The van der Waals surface area contributed by atoms with E-state index in [-0.39, 0.29) is 11.3 Å². The molecule has 2 aromatic heterocycles. The van der Waals surface area contributed by atoms with Crippen LogP contribution < -0.4 is 4.90 Å². The van der Waals surface area contributed by atoms with Crippen molar-refractivity contribution in [3.63, 3.8) is 0 Å². The summed E-state index contributed by atoms with van der Waals surface area (Å²) in [4.78, 5) is 1.66. The van der Waals surface area contributed by atoms with Gasteiger partial charge in [-0.25, -0.2) is 0 Å². The summed E-state index contributed by atoms with van der Waals surface area (Å²) in [5, 5.41) is 6.28. The highest BCUT2D eigenvalue weighted by molar-refractivity contribution is 6.16. The first kappa shape index (κ1) is 30.3. The fraction of sp³-hybridized carbons (Fsp3) is 0. The zero-order valence-electron chi connectivity index (χ0n) is 44.9. The summed E-state index contributed by atoms with van der Waals surface area (Å²) in [7, 11) is 0. The van der Waals surface area contributed by atoms with E-state index in [1.807, 2.05) is 72.8 Å². The molecule has 0 radical (unpaired) electrons. The number of hydrogen-bond donors (Lipinski definition) is 0. The average Bonchev–Trinajstić information content (AvgIpc) is 4.12. The van der Waals surface area contributed by atoms with E-state index in [4.69, 9.17) is 11.3 Å². The molecule has 0 saturated heterocycles. The van der Waals surface area contributed by atoms with Crippen LogP contribution in [0.15, 0.2) is 259 Å². The van der Waals surface area contributed by atoms with Gasteiger partial charge in [0.05, 0.1) is 23.4 Å². The van der Waals surface area contributed by atoms with Crippen molar-refractivity contribution in [1.82, 2.24) is 4.57 Å². The van der Waals surface area contributed by atoms with Crippen LogP contribution in [0.25, 0.3) is 105 Å². The Bertz CT molecular complexity index is 4470. The minimum absolute atomic E-state index is 0.0997. The molecule has 0 aliphatic rings. The maximum atomic E-state index is 9.59. The van der Waals surface area contributed by atoms with Gasteiger partial charge in [0.25, 0.3) is 0 Å². The van der Waals surface area contributed by atoms with Crippen LogP contribution in [0.5, 0.6) is 0 Å². The number of nitrogens with zero attached hydrogens (tertiary/aromatic N) is 2. The monoisotopic (exact) mass is 863 g/mol. The quantitative estimate of drug-likeness (QED) is 0.152. The van der Waals surface area contributed by atoms with Gasteiger partial charge in [-0.2, -0.15) is 0 Å². The molecule has 2 heterocycles. The second-order valence-electron chi connectivity index (χ2n) is 16.6. The van der Waals surface area contributed by atoms with E-state index < -0.39 is 59.9 Å². The maximum absolute atomic E-state index is 9.59. The molecule has 3 heteroatoms. The van der Waals surface area contributed by atoms with E-state index in [1.54, 1.807) is 4.90 Å². The Morgan fingerprint density at radius 2 is 0.970 bits per heavy atom. The Balaban J connectivity index is 1.01. The molecule has 13 rings (SSSR count). The minimum atomic E-state index is -0.639. The normalized spacial score (nSPS) is 13.5. The van der Waals surface area contributed by atoms with Crippen LogP contribution in [0.2, 0.25) is 0 Å². The number of anilines is 3. The molecule has 0 N–H and O–H groups in total. The van der Waals surface area contributed by atoms with Crippen molar-refractivity contribution in [3.8, 4) is 50.2 Å². The Morgan fingerprint density at radius 1 is 0.358 bits per heavy atom. The molecule has 0 unspecified atom stereocenters. The molecule has 0 atom stereocenters. The van der Waals surface area contributed by atoms with Gasteiger partial charge < -0.3 is 13.9 Å². The van der Waals surface area contributed by atoms with E-state index >= 15 is 0 Å². The first-order valence-electron chi connectivity index (χ1n) is 26.7. The summed E-state index contributed by atoms with van der Waals surface area (Å²) in [6.07, 6.45) is 0. The average molecular weight is 864 g/mol. The molecule has 0 spiro atoms. The highest BCUT2D eigenvalue weighted by Gasteiger charge is 2.20. The number of furan rings is 1. The Labute approximate surface area is 401 Å². The molecule has 67 heavy (non-hydrogen) atoms. The number of benzene rings is 11. The number of rotatable bonds is 8. The molecular weight excluding hydrogens is 813 g/mol. The van der Waals surface area contributed by atoms with Crippen molar-refractivity contribution in [1.29, 1.82) is 0 Å². The van der Waals surface area contributed by atoms with Gasteiger partial charge in [0.15, 0.2) is 0 Å². The predicted octanol–water partition coefficient (Wildman–Crippen LogP) is 18.0. The topological polar surface area (TPSA) is 21.3 Å². The minimum Gasteiger partial charge on any atom is -0.456 e. The van der Waals surface area contributed by atoms with Crippen LogP contribution in [-0.4, -0.2) is 4.57 Å². The van der Waals surface area contributed by atoms with Gasteiger partial charge >= 0.3 is 0 Å². The number of para-hydroxylation sites is 3. The number of aromatic nitrogens is 1. The van der Waals surface area contributed by atoms with E-state index in [2.05, 4.69) is 132 Å². The number of hydrogen-bond acceptors (Lipinski definition) is 2. The van der Waals surface area contributed by atoms with Gasteiger partial charge in [-0.3, -0.25) is 0 Å². The van der Waals surface area contributed by atoms with Crippen LogP contribution in [-0.2, 0) is 0 Å². The maximum Gasteiger partial charge on any atom is 0.137 e. The van der Waals surface area contributed by atoms with Crippen molar-refractivity contribution in [2.45, 2.75) is 0 Å². The highest BCUT2D eigenvalue weighted by atomic mass is 16.3. The van der Waals surface area contributed by atoms with Crippen LogP contribution in [0.3, 0.4) is 0 Å². The molecule has 13 aromatic rings. The van der Waals surface area contributed by atoms with E-state index in [0.717, 1.165) is 82.4 Å². The van der Waals surface area contributed by atoms with Gasteiger partial charge in [0, 0.05) is 50.4 Å². The lowest BCUT2D eigenvalue weighted by atomic mass is 9.90. The molecule has 0 saturated carbocycles. The molecule has 314 valence electrons. The van der Waals surface area contributed by atoms with Gasteiger partial charge in [0.1, 0.15) is 11.2 Å². The van der Waals surface area contributed by atoms with E-state index in [1.165, 1.54) is 0 Å². The lowest BCUT2D eigenvalue weighted by molar-refractivity contribution is 0.669. The molecule has 0 amide bonds. The third-order valence-corrected chi connectivity index (χ3v) is 12.7. The summed E-state index contributed by atoms with van der Waals surface area (Å²) >= 11 is 0. The third-order valence-electron chi connectivity index (χ3n) is 12.7. The van der Waals surface area contributed by atoms with Crippen LogP contribution in [0.4, 0.5) is 17.1 Å². The molecule has 11 aromatic carbocycles. The fourth-order valence-corrected chi connectivity index (χ4v) is 9.68. The van der Waals surface area contributed by atoms with Gasteiger partial charge in [0.2, 0.25) is 0 Å². The van der Waals surface area contributed by atoms with Crippen molar-refractivity contribution in [2.24, 2.45) is 0 Å². The van der Waals surface area contributed by atoms with E-state index in [9.17, 15) is 5.48 Å². The Morgan fingerprint density at radius 3 is 1.81 bits per heavy atom. The second-order valence-corrected chi connectivity index (χ2v) is 16.6. The predicted molar refractivity (Wildman–Crippen MR) is 282 cm³/mol. The summed E-state index contributed by atoms with van der Waals surface area (Å²) < 4.78 is 88.8. The zero-order chi connectivity index (χ0) is 52.1. The lowest BCUT2D eigenvalue weighted by Gasteiger charge is -2.26. The molecule has 0 bridgehead atoms. The van der Waals surface area contributed by atoms with Crippen LogP contribution in [0.1, 0.15) is 12.3 Å². The van der Waals surface area contributed by atoms with Gasteiger partial charge in [-0.1, -0.05) is 164 Å². The first-order valence-corrected chi connectivity index (χ1v) is 22.2. The molecule has 3 nitrogen and oxygen atoms in total. The summed E-state index contributed by atoms with van der Waals surface area (Å²) in [6.45, 7) is 0.